The SMILES string of the molecule is COc1ccc(C[C@H](CC(=O)O)NC(=O)OCc2ccccc2)cc1. The molecule has 1 atom stereocenters. The molecule has 2 N–H and O–H groups in total. The molecule has 0 radical (unpaired) electrons. The summed E-state index contributed by atoms with van der Waals surface area (Å²) in [5.74, 6) is -0.268. The molecule has 2 aromatic rings. The van der Waals surface area contributed by atoms with Crippen LogP contribution in [0, 0.1) is 0 Å². The van der Waals surface area contributed by atoms with Crippen LogP contribution in [0.4, 0.5) is 4.79 Å². The number of rotatable bonds is 8. The molecule has 132 valence electrons. The smallest absolute Gasteiger partial charge is 0.407 e. The van der Waals surface area contributed by atoms with Gasteiger partial charge in [-0.1, -0.05) is 42.5 Å². The van der Waals surface area contributed by atoms with Crippen LogP contribution in [-0.4, -0.2) is 30.3 Å². The van der Waals surface area contributed by atoms with Crippen LogP contribution in [-0.2, 0) is 22.6 Å². The van der Waals surface area contributed by atoms with Crippen molar-refractivity contribution in [1.82, 2.24) is 5.32 Å². The summed E-state index contributed by atoms with van der Waals surface area (Å²) in [6, 6.07) is 16.0. The standard InChI is InChI=1S/C19H21NO5/c1-24-17-9-7-14(8-10-17)11-16(12-18(21)22)20-19(23)25-13-15-5-3-2-4-6-15/h2-10,16H,11-13H2,1H3,(H,20,23)(H,21,22)/t16-/m1/s1. The van der Waals surface area contributed by atoms with Gasteiger partial charge in [0.2, 0.25) is 0 Å². The van der Waals surface area contributed by atoms with Crippen molar-refractivity contribution in [3.63, 3.8) is 0 Å². The number of hydrogen-bond donors (Lipinski definition) is 2. The van der Waals surface area contributed by atoms with Crippen molar-refractivity contribution in [2.45, 2.75) is 25.5 Å². The van der Waals surface area contributed by atoms with Crippen LogP contribution in [0.2, 0.25) is 0 Å². The first kappa shape index (κ1) is 18.3. The second-order valence-corrected chi connectivity index (χ2v) is 5.55. The maximum Gasteiger partial charge on any atom is 0.407 e. The fourth-order valence-corrected chi connectivity index (χ4v) is 2.36. The van der Waals surface area contributed by atoms with Gasteiger partial charge >= 0.3 is 12.1 Å². The topological polar surface area (TPSA) is 84.9 Å². The lowest BCUT2D eigenvalue weighted by atomic mass is 10.0. The van der Waals surface area contributed by atoms with E-state index in [2.05, 4.69) is 5.32 Å². The van der Waals surface area contributed by atoms with Crippen molar-refractivity contribution in [2.24, 2.45) is 0 Å². The van der Waals surface area contributed by atoms with Gasteiger partial charge in [0.25, 0.3) is 0 Å². The van der Waals surface area contributed by atoms with E-state index >= 15 is 0 Å². The molecule has 0 heterocycles. The van der Waals surface area contributed by atoms with Crippen LogP contribution in [0.15, 0.2) is 54.6 Å². The van der Waals surface area contributed by atoms with Crippen molar-refractivity contribution in [3.05, 3.63) is 65.7 Å². The van der Waals surface area contributed by atoms with E-state index in [1.807, 2.05) is 42.5 Å². The van der Waals surface area contributed by atoms with Gasteiger partial charge in [0.05, 0.1) is 13.5 Å². The van der Waals surface area contributed by atoms with E-state index in [0.717, 1.165) is 11.1 Å². The van der Waals surface area contributed by atoms with Crippen molar-refractivity contribution in [1.29, 1.82) is 0 Å². The third kappa shape index (κ3) is 6.55. The van der Waals surface area contributed by atoms with Crippen molar-refractivity contribution in [2.75, 3.05) is 7.11 Å². The van der Waals surface area contributed by atoms with E-state index in [1.54, 1.807) is 19.2 Å². The van der Waals surface area contributed by atoms with Gasteiger partial charge in [-0.25, -0.2) is 4.79 Å². The lowest BCUT2D eigenvalue weighted by Gasteiger charge is -2.17. The fourth-order valence-electron chi connectivity index (χ4n) is 2.36. The maximum atomic E-state index is 12.0. The molecule has 2 rings (SSSR count). The Hall–Kier alpha value is -3.02. The molecular formula is C19H21NO5. The Morgan fingerprint density at radius 3 is 2.32 bits per heavy atom. The van der Waals surface area contributed by atoms with Gasteiger partial charge in [0.15, 0.2) is 0 Å². The number of carbonyl (C=O) groups excluding carboxylic acids is 1. The van der Waals surface area contributed by atoms with E-state index in [-0.39, 0.29) is 13.0 Å². The average molecular weight is 343 g/mol. The summed E-state index contributed by atoms with van der Waals surface area (Å²) < 4.78 is 10.2. The van der Waals surface area contributed by atoms with Gasteiger partial charge in [-0.05, 0) is 29.7 Å². The number of carboxylic acid groups (broad SMARTS) is 1. The third-order valence-electron chi connectivity index (χ3n) is 3.60. The van der Waals surface area contributed by atoms with E-state index in [1.165, 1.54) is 0 Å². The predicted molar refractivity (Wildman–Crippen MR) is 92.5 cm³/mol. The zero-order valence-corrected chi connectivity index (χ0v) is 14.0. The first-order chi connectivity index (χ1) is 12.1. The number of hydrogen-bond acceptors (Lipinski definition) is 4. The molecule has 1 amide bonds. The first-order valence-electron chi connectivity index (χ1n) is 7.88. The van der Waals surface area contributed by atoms with Crippen LogP contribution in [0.25, 0.3) is 0 Å². The average Bonchev–Trinajstić information content (AvgIpc) is 2.61. The number of ether oxygens (including phenoxy) is 2. The summed E-state index contributed by atoms with van der Waals surface area (Å²) in [4.78, 5) is 23.0. The van der Waals surface area contributed by atoms with Gasteiger partial charge in [0.1, 0.15) is 12.4 Å². The minimum atomic E-state index is -0.984. The summed E-state index contributed by atoms with van der Waals surface area (Å²) in [5.41, 5.74) is 1.76. The van der Waals surface area contributed by atoms with Gasteiger partial charge < -0.3 is 19.9 Å². The molecule has 6 nitrogen and oxygen atoms in total. The Kier molecular flexibility index (Phi) is 6.83. The van der Waals surface area contributed by atoms with E-state index in [9.17, 15) is 9.59 Å². The molecule has 0 unspecified atom stereocenters. The molecule has 0 spiro atoms. The minimum absolute atomic E-state index is 0.134. The minimum Gasteiger partial charge on any atom is -0.497 e. The van der Waals surface area contributed by atoms with Crippen molar-refractivity contribution in [3.8, 4) is 5.75 Å². The number of carboxylic acids is 1. The second kappa shape index (κ2) is 9.32. The van der Waals surface area contributed by atoms with E-state index in [4.69, 9.17) is 14.6 Å². The van der Waals surface area contributed by atoms with Gasteiger partial charge in [-0.2, -0.15) is 0 Å². The quantitative estimate of drug-likeness (QED) is 0.770. The van der Waals surface area contributed by atoms with E-state index in [0.29, 0.717) is 12.2 Å². The highest BCUT2D eigenvalue weighted by Crippen LogP contribution is 2.14. The number of alkyl carbamates (subject to hydrolysis) is 1. The molecule has 0 aliphatic heterocycles. The molecule has 2 aromatic carbocycles. The fraction of sp³-hybridized carbons (Fsp3) is 0.263. The molecule has 0 aliphatic carbocycles. The first-order valence-corrected chi connectivity index (χ1v) is 7.88. The molecule has 0 saturated heterocycles. The van der Waals surface area contributed by atoms with Crippen LogP contribution in [0.5, 0.6) is 5.75 Å². The van der Waals surface area contributed by atoms with Gasteiger partial charge in [-0.3, -0.25) is 4.79 Å². The normalized spacial score (nSPS) is 11.4. The Labute approximate surface area is 146 Å². The lowest BCUT2D eigenvalue weighted by molar-refractivity contribution is -0.137. The summed E-state index contributed by atoms with van der Waals surface area (Å²) in [5, 5.41) is 11.7. The number of methoxy groups -OCH3 is 1. The Morgan fingerprint density at radius 1 is 1.04 bits per heavy atom. The van der Waals surface area contributed by atoms with Crippen molar-refractivity contribution < 1.29 is 24.2 Å². The van der Waals surface area contributed by atoms with Crippen molar-refractivity contribution >= 4 is 12.1 Å². The molecular weight excluding hydrogens is 322 g/mol. The van der Waals surface area contributed by atoms with Gasteiger partial charge in [0, 0.05) is 6.04 Å². The van der Waals surface area contributed by atoms with Gasteiger partial charge in [-0.15, -0.1) is 0 Å². The Morgan fingerprint density at radius 2 is 1.72 bits per heavy atom. The zero-order chi connectivity index (χ0) is 18.1. The van der Waals surface area contributed by atoms with Crippen LogP contribution >= 0.6 is 0 Å². The summed E-state index contributed by atoms with van der Waals surface area (Å²) in [6.07, 6.45) is -0.438. The summed E-state index contributed by atoms with van der Waals surface area (Å²) in [6.45, 7) is 0.134. The third-order valence-corrected chi connectivity index (χ3v) is 3.60. The molecule has 6 heteroatoms. The molecule has 0 aromatic heterocycles. The maximum absolute atomic E-state index is 12.0. The Bertz CT molecular complexity index is 685. The number of aliphatic carboxylic acids is 1. The predicted octanol–water partition coefficient (Wildman–Crippen LogP) is 3.01. The van der Waals surface area contributed by atoms with Crippen LogP contribution in [0.3, 0.4) is 0 Å². The van der Waals surface area contributed by atoms with Crippen LogP contribution in [0.1, 0.15) is 17.5 Å². The Balaban J connectivity index is 1.91. The molecule has 0 saturated carbocycles. The summed E-state index contributed by atoms with van der Waals surface area (Å²) in [7, 11) is 1.58. The summed E-state index contributed by atoms with van der Waals surface area (Å²) >= 11 is 0. The van der Waals surface area contributed by atoms with E-state index < -0.39 is 18.1 Å². The number of carbonyl (C=O) groups is 2. The largest absolute Gasteiger partial charge is 0.497 e. The second-order valence-electron chi connectivity index (χ2n) is 5.55. The molecule has 0 fully saturated rings. The zero-order valence-electron chi connectivity index (χ0n) is 14.0. The number of nitrogens with one attached hydrogen (secondary N) is 1. The molecule has 25 heavy (non-hydrogen) atoms. The number of amides is 1. The molecule has 0 bridgehead atoms. The highest BCUT2D eigenvalue weighted by molar-refractivity contribution is 5.71. The highest BCUT2D eigenvalue weighted by Gasteiger charge is 2.17. The van der Waals surface area contributed by atoms with Crippen LogP contribution < -0.4 is 10.1 Å². The monoisotopic (exact) mass is 343 g/mol. The highest BCUT2D eigenvalue weighted by atomic mass is 16.5. The lowest BCUT2D eigenvalue weighted by Crippen LogP contribution is -2.38. The molecule has 0 aliphatic rings. The number of benzene rings is 2.